The molecule has 1 N–H and O–H groups in total. The zero-order valence-electron chi connectivity index (χ0n) is 21.8. The van der Waals surface area contributed by atoms with E-state index in [1.54, 1.807) is 25.3 Å². The van der Waals surface area contributed by atoms with E-state index in [4.69, 9.17) is 4.74 Å². The van der Waals surface area contributed by atoms with Crippen molar-refractivity contribution < 1.29 is 27.5 Å². The topological polar surface area (TPSA) is 113 Å². The van der Waals surface area contributed by atoms with Gasteiger partial charge in [0, 0.05) is 25.6 Å². The highest BCUT2D eigenvalue weighted by Crippen LogP contribution is 2.30. The Kier molecular flexibility index (Phi) is 9.31. The lowest BCUT2D eigenvalue weighted by Crippen LogP contribution is -2.50. The SMILES string of the molecule is CC[C@H](C(=O)N[C@@H](C)CC)N(Cc1cccc(OC)c1)C(=O)CCCN1C(=O)c2ccccc2S1(=O)=O. The van der Waals surface area contributed by atoms with Crippen LogP contribution >= 0.6 is 0 Å². The van der Waals surface area contributed by atoms with Crippen molar-refractivity contribution in [3.8, 4) is 5.75 Å². The fourth-order valence-electron chi connectivity index (χ4n) is 4.30. The van der Waals surface area contributed by atoms with Crippen molar-refractivity contribution in [2.75, 3.05) is 13.7 Å². The van der Waals surface area contributed by atoms with Gasteiger partial charge in [0.2, 0.25) is 11.8 Å². The maximum Gasteiger partial charge on any atom is 0.269 e. The van der Waals surface area contributed by atoms with Gasteiger partial charge in [-0.25, -0.2) is 12.7 Å². The van der Waals surface area contributed by atoms with E-state index in [1.165, 1.54) is 17.0 Å². The third kappa shape index (κ3) is 6.30. The van der Waals surface area contributed by atoms with Crippen LogP contribution in [0.25, 0.3) is 0 Å². The number of fused-ring (bicyclic) bond motifs is 1. The van der Waals surface area contributed by atoms with E-state index in [0.717, 1.165) is 16.3 Å². The lowest BCUT2D eigenvalue weighted by molar-refractivity contribution is -0.141. The molecule has 37 heavy (non-hydrogen) atoms. The van der Waals surface area contributed by atoms with Crippen LogP contribution in [0.1, 0.15) is 62.4 Å². The van der Waals surface area contributed by atoms with Crippen molar-refractivity contribution in [1.82, 2.24) is 14.5 Å². The van der Waals surface area contributed by atoms with Crippen LogP contribution < -0.4 is 10.1 Å². The van der Waals surface area contributed by atoms with E-state index >= 15 is 0 Å². The Hall–Kier alpha value is -3.40. The summed E-state index contributed by atoms with van der Waals surface area (Å²) in [4.78, 5) is 40.7. The molecule has 0 spiro atoms. The van der Waals surface area contributed by atoms with Crippen molar-refractivity contribution in [3.05, 3.63) is 59.7 Å². The van der Waals surface area contributed by atoms with Gasteiger partial charge in [-0.3, -0.25) is 14.4 Å². The van der Waals surface area contributed by atoms with Gasteiger partial charge in [0.25, 0.3) is 15.9 Å². The lowest BCUT2D eigenvalue weighted by Gasteiger charge is -2.31. The first-order chi connectivity index (χ1) is 17.6. The second kappa shape index (κ2) is 12.2. The van der Waals surface area contributed by atoms with E-state index in [1.807, 2.05) is 39.0 Å². The number of hydrogen-bond acceptors (Lipinski definition) is 6. The van der Waals surface area contributed by atoms with Gasteiger partial charge in [-0.1, -0.05) is 38.1 Å². The zero-order chi connectivity index (χ0) is 27.2. The van der Waals surface area contributed by atoms with Crippen molar-refractivity contribution in [2.45, 2.75) is 70.0 Å². The summed E-state index contributed by atoms with van der Waals surface area (Å²) in [6.07, 6.45) is 1.28. The summed E-state index contributed by atoms with van der Waals surface area (Å²) in [7, 11) is -2.38. The first-order valence-corrected chi connectivity index (χ1v) is 14.0. The van der Waals surface area contributed by atoms with Gasteiger partial charge in [0.1, 0.15) is 16.7 Å². The monoisotopic (exact) mass is 529 g/mol. The molecule has 0 aliphatic carbocycles. The molecular formula is C27H35N3O6S. The Labute approximate surface area is 218 Å². The number of ether oxygens (including phenoxy) is 1. The minimum atomic E-state index is -3.94. The molecule has 1 heterocycles. The van der Waals surface area contributed by atoms with Gasteiger partial charge in [0.15, 0.2) is 0 Å². The standard InChI is InChI=1S/C27H35N3O6S/c1-5-19(3)28-26(32)23(6-2)29(18-20-11-9-12-21(17-20)36-4)25(31)15-10-16-30-27(33)22-13-7-8-14-24(22)37(30,34)35/h7-9,11-14,17,19,23H,5-6,10,15-16,18H2,1-4H3,(H,28,32)/t19-,23+/m0/s1. The first kappa shape index (κ1) is 28.2. The Morgan fingerprint density at radius 2 is 1.81 bits per heavy atom. The second-order valence-corrected chi connectivity index (χ2v) is 10.9. The predicted octanol–water partition coefficient (Wildman–Crippen LogP) is 3.34. The molecule has 9 nitrogen and oxygen atoms in total. The molecule has 0 saturated heterocycles. The average Bonchev–Trinajstić information content (AvgIpc) is 3.09. The molecule has 3 rings (SSSR count). The molecule has 0 fully saturated rings. The molecule has 2 aromatic rings. The van der Waals surface area contributed by atoms with Gasteiger partial charge < -0.3 is 15.0 Å². The van der Waals surface area contributed by atoms with E-state index in [0.29, 0.717) is 12.2 Å². The van der Waals surface area contributed by atoms with E-state index in [9.17, 15) is 22.8 Å². The summed E-state index contributed by atoms with van der Waals surface area (Å²) in [5, 5.41) is 2.96. The van der Waals surface area contributed by atoms with Crippen LogP contribution in [0.5, 0.6) is 5.75 Å². The van der Waals surface area contributed by atoms with Crippen molar-refractivity contribution in [1.29, 1.82) is 0 Å². The number of hydrogen-bond donors (Lipinski definition) is 1. The summed E-state index contributed by atoms with van der Waals surface area (Å²) in [5.74, 6) is -0.480. The summed E-state index contributed by atoms with van der Waals surface area (Å²) >= 11 is 0. The molecule has 0 bridgehead atoms. The molecule has 2 atom stereocenters. The molecule has 200 valence electrons. The van der Waals surface area contributed by atoms with E-state index in [-0.39, 0.29) is 54.2 Å². The summed E-state index contributed by atoms with van der Waals surface area (Å²) in [5.41, 5.74) is 0.941. The molecule has 0 saturated carbocycles. The van der Waals surface area contributed by atoms with Crippen LogP contribution in [0, 0.1) is 0 Å². The largest absolute Gasteiger partial charge is 0.497 e. The predicted molar refractivity (Wildman–Crippen MR) is 139 cm³/mol. The first-order valence-electron chi connectivity index (χ1n) is 12.5. The fourth-order valence-corrected chi connectivity index (χ4v) is 5.91. The van der Waals surface area contributed by atoms with Gasteiger partial charge in [0.05, 0.1) is 12.7 Å². The number of benzene rings is 2. The fraction of sp³-hybridized carbons (Fsp3) is 0.444. The quantitative estimate of drug-likeness (QED) is 0.451. The molecule has 1 aliphatic heterocycles. The normalized spacial score (nSPS) is 15.6. The van der Waals surface area contributed by atoms with Crippen molar-refractivity contribution in [3.63, 3.8) is 0 Å². The van der Waals surface area contributed by atoms with Crippen LogP contribution in [0.3, 0.4) is 0 Å². The van der Waals surface area contributed by atoms with Crippen LogP contribution in [-0.2, 0) is 26.2 Å². The van der Waals surface area contributed by atoms with Crippen LogP contribution in [0.2, 0.25) is 0 Å². The van der Waals surface area contributed by atoms with Gasteiger partial charge in [-0.05, 0) is 56.0 Å². The molecule has 0 unspecified atom stereocenters. The summed E-state index contributed by atoms with van der Waals surface area (Å²) < 4.78 is 31.8. The minimum absolute atomic E-state index is 0.0151. The molecule has 0 aromatic heterocycles. The maximum atomic E-state index is 13.5. The van der Waals surface area contributed by atoms with Crippen LogP contribution in [-0.4, -0.2) is 61.1 Å². The number of nitrogens with zero attached hydrogens (tertiary/aromatic N) is 2. The number of nitrogens with one attached hydrogen (secondary N) is 1. The highest BCUT2D eigenvalue weighted by atomic mass is 32.2. The summed E-state index contributed by atoms with van der Waals surface area (Å²) in [6, 6.07) is 12.6. The summed E-state index contributed by atoms with van der Waals surface area (Å²) in [6.45, 7) is 5.79. The highest BCUT2D eigenvalue weighted by Gasteiger charge is 2.40. The minimum Gasteiger partial charge on any atom is -0.497 e. The third-order valence-corrected chi connectivity index (χ3v) is 8.38. The molecule has 1 aliphatic rings. The smallest absolute Gasteiger partial charge is 0.269 e. The Bertz CT molecular complexity index is 1250. The Morgan fingerprint density at radius 3 is 2.46 bits per heavy atom. The molecule has 10 heteroatoms. The maximum absolute atomic E-state index is 13.5. The number of amides is 3. The Balaban J connectivity index is 1.76. The molecule has 3 amide bonds. The van der Waals surface area contributed by atoms with Crippen molar-refractivity contribution in [2.24, 2.45) is 0 Å². The highest BCUT2D eigenvalue weighted by molar-refractivity contribution is 7.90. The number of methoxy groups -OCH3 is 1. The van der Waals surface area contributed by atoms with E-state index in [2.05, 4.69) is 5.32 Å². The molecule has 0 radical (unpaired) electrons. The second-order valence-electron chi connectivity index (χ2n) is 9.10. The van der Waals surface area contributed by atoms with Crippen molar-refractivity contribution >= 4 is 27.7 Å². The van der Waals surface area contributed by atoms with E-state index < -0.39 is 22.0 Å². The zero-order valence-corrected chi connectivity index (χ0v) is 22.6. The van der Waals surface area contributed by atoms with Crippen LogP contribution in [0.4, 0.5) is 0 Å². The molecular weight excluding hydrogens is 494 g/mol. The number of carbonyl (C=O) groups is 3. The average molecular weight is 530 g/mol. The van der Waals surface area contributed by atoms with Crippen LogP contribution in [0.15, 0.2) is 53.4 Å². The van der Waals surface area contributed by atoms with Gasteiger partial charge in [-0.15, -0.1) is 0 Å². The lowest BCUT2D eigenvalue weighted by atomic mass is 10.1. The van der Waals surface area contributed by atoms with Gasteiger partial charge >= 0.3 is 0 Å². The number of carbonyl (C=O) groups excluding carboxylic acids is 3. The third-order valence-electron chi connectivity index (χ3n) is 6.54. The van der Waals surface area contributed by atoms with Gasteiger partial charge in [-0.2, -0.15) is 0 Å². The number of sulfonamides is 1. The Morgan fingerprint density at radius 1 is 1.08 bits per heavy atom. The number of rotatable bonds is 12. The molecule has 2 aromatic carbocycles.